The van der Waals surface area contributed by atoms with E-state index in [1.54, 1.807) is 0 Å². The van der Waals surface area contributed by atoms with Crippen molar-refractivity contribution in [2.24, 2.45) is 0 Å². The number of halogens is 2. The molecule has 0 aliphatic rings. The standard InChI is InChI=1S/C9H7F2N/c1-6(5-12)8-4-7(10)2-3-9(8)11/h2-4,6H,1H3. The zero-order valence-corrected chi connectivity index (χ0v) is 6.51. The number of rotatable bonds is 1. The highest BCUT2D eigenvalue weighted by molar-refractivity contribution is 5.26. The van der Waals surface area contributed by atoms with Gasteiger partial charge in [0.25, 0.3) is 0 Å². The van der Waals surface area contributed by atoms with Gasteiger partial charge < -0.3 is 0 Å². The van der Waals surface area contributed by atoms with E-state index in [9.17, 15) is 8.78 Å². The average molecular weight is 167 g/mol. The van der Waals surface area contributed by atoms with Crippen molar-refractivity contribution in [2.45, 2.75) is 12.8 Å². The van der Waals surface area contributed by atoms with Gasteiger partial charge in [-0.2, -0.15) is 5.26 Å². The molecule has 1 aromatic rings. The van der Waals surface area contributed by atoms with E-state index >= 15 is 0 Å². The van der Waals surface area contributed by atoms with Crippen LogP contribution >= 0.6 is 0 Å². The van der Waals surface area contributed by atoms with Crippen LogP contribution in [0.15, 0.2) is 18.2 Å². The highest BCUT2D eigenvalue weighted by atomic mass is 19.1. The first-order valence-electron chi connectivity index (χ1n) is 3.49. The number of nitriles is 1. The quantitative estimate of drug-likeness (QED) is 0.630. The molecule has 0 spiro atoms. The molecular weight excluding hydrogens is 160 g/mol. The third kappa shape index (κ3) is 1.59. The Morgan fingerprint density at radius 2 is 2.08 bits per heavy atom. The van der Waals surface area contributed by atoms with Gasteiger partial charge in [0.15, 0.2) is 0 Å². The maximum atomic E-state index is 12.9. The van der Waals surface area contributed by atoms with Crippen molar-refractivity contribution < 1.29 is 8.78 Å². The highest BCUT2D eigenvalue weighted by Gasteiger charge is 2.10. The Labute approximate surface area is 69.2 Å². The van der Waals surface area contributed by atoms with Crippen LogP contribution in [-0.2, 0) is 0 Å². The minimum absolute atomic E-state index is 0.109. The lowest BCUT2D eigenvalue weighted by molar-refractivity contribution is 0.582. The summed E-state index contributed by atoms with van der Waals surface area (Å²) in [5.41, 5.74) is 0.109. The average Bonchev–Trinajstić information content (AvgIpc) is 2.08. The summed E-state index contributed by atoms with van der Waals surface area (Å²) in [6.45, 7) is 1.53. The first-order valence-corrected chi connectivity index (χ1v) is 3.49. The molecule has 0 amide bonds. The number of hydrogen-bond donors (Lipinski definition) is 0. The van der Waals surface area contributed by atoms with Gasteiger partial charge in [-0.25, -0.2) is 8.78 Å². The summed E-state index contributed by atoms with van der Waals surface area (Å²) in [4.78, 5) is 0. The van der Waals surface area contributed by atoms with Crippen molar-refractivity contribution in [1.29, 1.82) is 5.26 Å². The van der Waals surface area contributed by atoms with Gasteiger partial charge in [0.2, 0.25) is 0 Å². The van der Waals surface area contributed by atoms with Gasteiger partial charge in [-0.1, -0.05) is 0 Å². The molecule has 0 radical (unpaired) electrons. The van der Waals surface area contributed by atoms with Gasteiger partial charge in [-0.3, -0.25) is 0 Å². The number of nitrogens with zero attached hydrogens (tertiary/aromatic N) is 1. The summed E-state index contributed by atoms with van der Waals surface area (Å²) in [6, 6.07) is 4.94. The molecule has 0 aromatic heterocycles. The monoisotopic (exact) mass is 167 g/mol. The van der Waals surface area contributed by atoms with Crippen molar-refractivity contribution in [3.63, 3.8) is 0 Å². The molecule has 62 valence electrons. The normalized spacial score (nSPS) is 12.2. The molecule has 0 aliphatic carbocycles. The minimum atomic E-state index is -0.610. The summed E-state index contributed by atoms with van der Waals surface area (Å²) < 4.78 is 25.5. The Hall–Kier alpha value is -1.43. The molecule has 0 heterocycles. The summed E-state index contributed by atoms with van der Waals surface area (Å²) in [5, 5.41) is 8.46. The summed E-state index contributed by atoms with van der Waals surface area (Å²) in [7, 11) is 0. The Kier molecular flexibility index (Phi) is 2.39. The van der Waals surface area contributed by atoms with E-state index in [0.29, 0.717) is 0 Å². The van der Waals surface area contributed by atoms with E-state index in [0.717, 1.165) is 18.2 Å². The first-order chi connectivity index (χ1) is 5.65. The number of benzene rings is 1. The largest absolute Gasteiger partial charge is 0.207 e. The maximum absolute atomic E-state index is 12.9. The van der Waals surface area contributed by atoms with Crippen LogP contribution < -0.4 is 0 Å². The molecule has 0 saturated carbocycles. The third-order valence-corrected chi connectivity index (χ3v) is 1.62. The molecule has 0 bridgehead atoms. The number of hydrogen-bond acceptors (Lipinski definition) is 1. The van der Waals surface area contributed by atoms with Crippen molar-refractivity contribution in [1.82, 2.24) is 0 Å². The Bertz CT molecular complexity index is 328. The fourth-order valence-electron chi connectivity index (χ4n) is 0.916. The lowest BCUT2D eigenvalue weighted by atomic mass is 10.0. The Morgan fingerprint density at radius 3 is 2.67 bits per heavy atom. The van der Waals surface area contributed by atoms with Gasteiger partial charge in [0, 0.05) is 5.56 Å². The second-order valence-electron chi connectivity index (χ2n) is 2.52. The van der Waals surface area contributed by atoms with Crippen LogP contribution in [0.2, 0.25) is 0 Å². The van der Waals surface area contributed by atoms with Crippen LogP contribution in [0.1, 0.15) is 18.4 Å². The molecule has 0 N–H and O–H groups in total. The smallest absolute Gasteiger partial charge is 0.127 e. The van der Waals surface area contributed by atoms with Crippen molar-refractivity contribution in [3.8, 4) is 6.07 Å². The lowest BCUT2D eigenvalue weighted by Crippen LogP contribution is -1.95. The summed E-state index contributed by atoms with van der Waals surface area (Å²) in [5.74, 6) is -1.67. The van der Waals surface area contributed by atoms with Crippen LogP contribution in [0.25, 0.3) is 0 Å². The molecule has 12 heavy (non-hydrogen) atoms. The third-order valence-electron chi connectivity index (χ3n) is 1.62. The van der Waals surface area contributed by atoms with Gasteiger partial charge in [0.1, 0.15) is 11.6 Å². The van der Waals surface area contributed by atoms with Gasteiger partial charge in [0.05, 0.1) is 12.0 Å². The van der Waals surface area contributed by atoms with E-state index in [-0.39, 0.29) is 5.56 Å². The van der Waals surface area contributed by atoms with E-state index < -0.39 is 17.6 Å². The van der Waals surface area contributed by atoms with Crippen LogP contribution in [0.4, 0.5) is 8.78 Å². The van der Waals surface area contributed by atoms with E-state index in [4.69, 9.17) is 5.26 Å². The van der Waals surface area contributed by atoms with Gasteiger partial charge >= 0.3 is 0 Å². The van der Waals surface area contributed by atoms with Gasteiger partial charge in [-0.15, -0.1) is 0 Å². The zero-order valence-electron chi connectivity index (χ0n) is 6.51. The van der Waals surface area contributed by atoms with Crippen molar-refractivity contribution in [3.05, 3.63) is 35.4 Å². The molecule has 3 heteroatoms. The molecule has 1 atom stereocenters. The SMILES string of the molecule is CC(C#N)c1cc(F)ccc1F. The second-order valence-corrected chi connectivity index (χ2v) is 2.52. The Balaban J connectivity index is 3.15. The molecule has 0 saturated heterocycles. The molecular formula is C9H7F2N. The van der Waals surface area contributed by atoms with Crippen LogP contribution in [0.3, 0.4) is 0 Å². The zero-order chi connectivity index (χ0) is 9.14. The molecule has 1 rings (SSSR count). The summed E-state index contributed by atoms with van der Waals surface area (Å²) in [6.07, 6.45) is 0. The molecule has 1 unspecified atom stereocenters. The Morgan fingerprint density at radius 1 is 1.42 bits per heavy atom. The molecule has 0 aliphatic heterocycles. The highest BCUT2D eigenvalue weighted by Crippen LogP contribution is 2.18. The lowest BCUT2D eigenvalue weighted by Gasteiger charge is -2.03. The summed E-state index contributed by atoms with van der Waals surface area (Å²) >= 11 is 0. The topological polar surface area (TPSA) is 23.8 Å². The van der Waals surface area contributed by atoms with E-state index in [2.05, 4.69) is 0 Å². The fourth-order valence-corrected chi connectivity index (χ4v) is 0.916. The molecule has 1 aromatic carbocycles. The van der Waals surface area contributed by atoms with Crippen molar-refractivity contribution >= 4 is 0 Å². The second kappa shape index (κ2) is 3.31. The van der Waals surface area contributed by atoms with Crippen LogP contribution in [-0.4, -0.2) is 0 Å². The maximum Gasteiger partial charge on any atom is 0.127 e. The predicted molar refractivity (Wildman–Crippen MR) is 40.4 cm³/mol. The fraction of sp³-hybridized carbons (Fsp3) is 0.222. The van der Waals surface area contributed by atoms with Crippen LogP contribution in [0, 0.1) is 23.0 Å². The molecule has 0 fully saturated rings. The van der Waals surface area contributed by atoms with E-state index in [1.807, 2.05) is 6.07 Å². The van der Waals surface area contributed by atoms with Crippen LogP contribution in [0.5, 0.6) is 0 Å². The minimum Gasteiger partial charge on any atom is -0.207 e. The first kappa shape index (κ1) is 8.66. The predicted octanol–water partition coefficient (Wildman–Crippen LogP) is 2.59. The van der Waals surface area contributed by atoms with E-state index in [1.165, 1.54) is 6.92 Å². The van der Waals surface area contributed by atoms with Crippen molar-refractivity contribution in [2.75, 3.05) is 0 Å². The molecule has 1 nitrogen and oxygen atoms in total. The van der Waals surface area contributed by atoms with Gasteiger partial charge in [-0.05, 0) is 25.1 Å².